The molecule has 3 N–H and O–H groups in total. The maximum absolute atomic E-state index is 12.3. The Bertz CT molecular complexity index is 1440. The number of carboxylic acids is 1. The highest BCUT2D eigenvalue weighted by atomic mass is 16.6. The first kappa shape index (κ1) is 42.3. The molecule has 0 saturated carbocycles. The first-order chi connectivity index (χ1) is 26.0. The number of carboxylic acid groups (broad SMARTS) is 1. The number of fused-ring (bicyclic) bond motifs is 2. The van der Waals surface area contributed by atoms with Crippen molar-refractivity contribution in [2.24, 2.45) is 5.92 Å². The Labute approximate surface area is 315 Å². The van der Waals surface area contributed by atoms with Crippen LogP contribution in [0, 0.1) is 5.92 Å². The van der Waals surface area contributed by atoms with Gasteiger partial charge < -0.3 is 44.3 Å². The van der Waals surface area contributed by atoms with E-state index >= 15 is 0 Å². The summed E-state index contributed by atoms with van der Waals surface area (Å²) in [6.45, 7) is 13.1. The Hall–Kier alpha value is -3.46. The van der Waals surface area contributed by atoms with Gasteiger partial charge in [-0.15, -0.1) is 0 Å². The molecule has 53 heavy (non-hydrogen) atoms. The van der Waals surface area contributed by atoms with Crippen molar-refractivity contribution in [3.05, 3.63) is 54.0 Å². The summed E-state index contributed by atoms with van der Waals surface area (Å²) in [4.78, 5) is 28.1. The zero-order valence-corrected chi connectivity index (χ0v) is 31.9. The number of benzene rings is 1. The molecule has 0 radical (unpaired) electrons. The van der Waals surface area contributed by atoms with Gasteiger partial charge in [0.2, 0.25) is 0 Å². The maximum atomic E-state index is 12.3. The Morgan fingerprint density at radius 1 is 0.811 bits per heavy atom. The van der Waals surface area contributed by atoms with Gasteiger partial charge >= 0.3 is 5.97 Å². The van der Waals surface area contributed by atoms with Gasteiger partial charge in [0.15, 0.2) is 0 Å². The first-order valence-corrected chi connectivity index (χ1v) is 19.5. The number of pyridine rings is 1. The van der Waals surface area contributed by atoms with Crippen LogP contribution in [0.5, 0.6) is 0 Å². The summed E-state index contributed by atoms with van der Waals surface area (Å²) in [6.07, 6.45) is 9.27. The van der Waals surface area contributed by atoms with Gasteiger partial charge in [-0.25, -0.2) is 19.7 Å². The number of aryl methyl sites for hydroxylation is 2. The van der Waals surface area contributed by atoms with Crippen molar-refractivity contribution < 1.29 is 33.6 Å². The number of nitrogens with zero attached hydrogens (tertiary/aromatic N) is 4. The van der Waals surface area contributed by atoms with E-state index in [-0.39, 0.29) is 0 Å². The molecule has 0 fully saturated rings. The van der Waals surface area contributed by atoms with E-state index in [1.54, 1.807) is 0 Å². The number of nitrogens with one attached hydrogen (secondary N) is 2. The summed E-state index contributed by atoms with van der Waals surface area (Å²) in [5, 5.41) is 17.5. The molecule has 1 aliphatic heterocycles. The summed E-state index contributed by atoms with van der Waals surface area (Å²) in [7, 11) is 0. The Kier molecular flexibility index (Phi) is 20.4. The summed E-state index contributed by atoms with van der Waals surface area (Å²) >= 11 is 0. The summed E-state index contributed by atoms with van der Waals surface area (Å²) in [5.41, 5.74) is 3.21. The average molecular weight is 739 g/mol. The predicted octanol–water partition coefficient (Wildman–Crippen LogP) is 5.48. The second kappa shape index (κ2) is 25.5. The van der Waals surface area contributed by atoms with Crippen LogP contribution >= 0.6 is 0 Å². The van der Waals surface area contributed by atoms with Gasteiger partial charge in [-0.05, 0) is 81.2 Å². The van der Waals surface area contributed by atoms with Crippen molar-refractivity contribution >= 4 is 28.5 Å². The molecule has 3 aromatic rings. The SMILES string of the molecule is CC(C)CCOCCOCCOCCOCCOCCN(CCCCCc1ccc2c(n1)NCCC2)CC[C@H](Nc1ncnc2ccccc12)C(=O)O. The van der Waals surface area contributed by atoms with Gasteiger partial charge in [-0.2, -0.15) is 0 Å². The Morgan fingerprint density at radius 3 is 2.23 bits per heavy atom. The number of ether oxygens (including phenoxy) is 5. The second-order valence-corrected chi connectivity index (χ2v) is 13.8. The molecule has 0 saturated heterocycles. The smallest absolute Gasteiger partial charge is 0.326 e. The standard InChI is InChI=1S/C40H62N6O7/c1-32(2)16-21-49-23-25-51-27-29-53-30-28-52-26-24-50-22-20-46(18-7-3-4-10-34-14-13-33-9-8-17-41-38(33)44-34)19-15-37(40(47)48)45-39-35-11-5-6-12-36(35)42-31-43-39/h5-6,11-14,31-32,37H,3-4,7-10,15-30H2,1-2H3,(H,41,44)(H,47,48)(H,42,43,45)/t37-/m0/s1. The molecule has 1 aliphatic rings. The Morgan fingerprint density at radius 2 is 1.51 bits per heavy atom. The van der Waals surface area contributed by atoms with E-state index < -0.39 is 12.0 Å². The maximum Gasteiger partial charge on any atom is 0.326 e. The topological polar surface area (TPSA) is 149 Å². The van der Waals surface area contributed by atoms with Crippen LogP contribution < -0.4 is 10.6 Å². The molecule has 1 aromatic carbocycles. The number of aromatic nitrogens is 3. The predicted molar refractivity (Wildman–Crippen MR) is 208 cm³/mol. The molecule has 0 spiro atoms. The van der Waals surface area contributed by atoms with Crippen molar-refractivity contribution in [1.82, 2.24) is 19.9 Å². The molecule has 0 bridgehead atoms. The minimum Gasteiger partial charge on any atom is -0.480 e. The van der Waals surface area contributed by atoms with Crippen molar-refractivity contribution in [2.75, 3.05) is 103 Å². The lowest BCUT2D eigenvalue weighted by molar-refractivity contribution is -0.138. The fourth-order valence-electron chi connectivity index (χ4n) is 6.01. The molecule has 0 aliphatic carbocycles. The van der Waals surface area contributed by atoms with E-state index in [0.717, 1.165) is 87.1 Å². The third-order valence-electron chi connectivity index (χ3n) is 9.12. The van der Waals surface area contributed by atoms with Gasteiger partial charge in [0.25, 0.3) is 0 Å². The van der Waals surface area contributed by atoms with Crippen molar-refractivity contribution in [1.29, 1.82) is 0 Å². The second-order valence-electron chi connectivity index (χ2n) is 13.8. The summed E-state index contributed by atoms with van der Waals surface area (Å²) < 4.78 is 28.2. The fourth-order valence-corrected chi connectivity index (χ4v) is 6.01. The zero-order chi connectivity index (χ0) is 37.4. The number of para-hydroxylation sites is 1. The molecular formula is C40H62N6O7. The Balaban J connectivity index is 1.13. The fraction of sp³-hybridized carbons (Fsp3) is 0.650. The van der Waals surface area contributed by atoms with Gasteiger partial charge in [-0.3, -0.25) is 0 Å². The van der Waals surface area contributed by atoms with Crippen LogP contribution in [0.2, 0.25) is 0 Å². The van der Waals surface area contributed by atoms with Crippen LogP contribution in [-0.2, 0) is 41.3 Å². The molecular weight excluding hydrogens is 676 g/mol. The van der Waals surface area contributed by atoms with Gasteiger partial charge in [0.05, 0.1) is 65.0 Å². The average Bonchev–Trinajstić information content (AvgIpc) is 3.16. The lowest BCUT2D eigenvalue weighted by Gasteiger charge is -2.25. The van der Waals surface area contributed by atoms with Crippen molar-refractivity contribution in [3.63, 3.8) is 0 Å². The van der Waals surface area contributed by atoms with Gasteiger partial charge in [0, 0.05) is 37.3 Å². The third-order valence-corrected chi connectivity index (χ3v) is 9.12. The molecule has 2 aromatic heterocycles. The number of rotatable bonds is 30. The van der Waals surface area contributed by atoms with Crippen LogP contribution in [0.4, 0.5) is 11.6 Å². The number of unbranched alkanes of at least 4 members (excludes halogenated alkanes) is 2. The van der Waals surface area contributed by atoms with Crippen LogP contribution in [0.15, 0.2) is 42.7 Å². The van der Waals surface area contributed by atoms with Crippen LogP contribution in [0.3, 0.4) is 0 Å². The van der Waals surface area contributed by atoms with Crippen LogP contribution in [-0.4, -0.2) is 129 Å². The molecule has 1 atom stereocenters. The number of aliphatic carboxylic acids is 1. The van der Waals surface area contributed by atoms with E-state index in [1.165, 1.54) is 11.9 Å². The summed E-state index contributed by atoms with van der Waals surface area (Å²) in [6, 6.07) is 11.2. The number of anilines is 2. The van der Waals surface area contributed by atoms with Gasteiger partial charge in [-0.1, -0.05) is 38.5 Å². The molecule has 13 heteroatoms. The van der Waals surface area contributed by atoms with Crippen LogP contribution in [0.25, 0.3) is 10.9 Å². The molecule has 0 unspecified atom stereocenters. The minimum absolute atomic E-state index is 0.417. The lowest BCUT2D eigenvalue weighted by Crippen LogP contribution is -2.37. The molecule has 13 nitrogen and oxygen atoms in total. The lowest BCUT2D eigenvalue weighted by atomic mass is 10.1. The van der Waals surface area contributed by atoms with E-state index in [4.69, 9.17) is 28.7 Å². The third kappa shape index (κ3) is 17.0. The van der Waals surface area contributed by atoms with Gasteiger partial charge in [0.1, 0.15) is 24.0 Å². The van der Waals surface area contributed by atoms with Crippen molar-refractivity contribution in [3.8, 4) is 0 Å². The van der Waals surface area contributed by atoms with E-state index in [0.29, 0.717) is 90.7 Å². The van der Waals surface area contributed by atoms with E-state index in [9.17, 15) is 9.90 Å². The van der Waals surface area contributed by atoms with E-state index in [2.05, 4.69) is 51.5 Å². The first-order valence-electron chi connectivity index (χ1n) is 19.5. The van der Waals surface area contributed by atoms with E-state index in [1.807, 2.05) is 24.3 Å². The minimum atomic E-state index is -0.910. The normalized spacial score (nSPS) is 13.4. The highest BCUT2D eigenvalue weighted by Gasteiger charge is 2.20. The molecule has 4 rings (SSSR count). The number of carbonyl (C=O) groups is 1. The number of hydrogen-bond donors (Lipinski definition) is 3. The largest absolute Gasteiger partial charge is 0.480 e. The molecule has 294 valence electrons. The van der Waals surface area contributed by atoms with Crippen molar-refractivity contribution in [2.45, 2.75) is 71.3 Å². The molecule has 3 heterocycles. The van der Waals surface area contributed by atoms with Crippen LogP contribution in [0.1, 0.15) is 63.6 Å². The quantitative estimate of drug-likeness (QED) is 0.0742. The highest BCUT2D eigenvalue weighted by Crippen LogP contribution is 2.21. The monoisotopic (exact) mass is 738 g/mol. The summed E-state index contributed by atoms with van der Waals surface area (Å²) in [5.74, 6) is 1.32. The number of hydrogen-bond acceptors (Lipinski definition) is 12. The highest BCUT2D eigenvalue weighted by molar-refractivity contribution is 5.90. The zero-order valence-electron chi connectivity index (χ0n) is 31.9. The molecule has 0 amide bonds.